The lowest BCUT2D eigenvalue weighted by molar-refractivity contribution is 0.739. The van der Waals surface area contributed by atoms with Crippen molar-refractivity contribution in [2.45, 2.75) is 6.17 Å². The van der Waals surface area contributed by atoms with Gasteiger partial charge in [-0.15, -0.1) is 0 Å². The molecule has 3 nitrogen and oxygen atoms in total. The maximum absolute atomic E-state index is 5.47. The molecule has 0 aliphatic heterocycles. The van der Waals surface area contributed by atoms with Crippen molar-refractivity contribution in [3.63, 3.8) is 0 Å². The van der Waals surface area contributed by atoms with Gasteiger partial charge in [-0.25, -0.2) is 0 Å². The van der Waals surface area contributed by atoms with Gasteiger partial charge in [0.25, 0.3) is 0 Å². The van der Waals surface area contributed by atoms with Gasteiger partial charge in [0.15, 0.2) is 5.11 Å². The van der Waals surface area contributed by atoms with Crippen LogP contribution in [-0.2, 0) is 0 Å². The summed E-state index contributed by atoms with van der Waals surface area (Å²) in [5.41, 5.74) is 3.10. The van der Waals surface area contributed by atoms with Gasteiger partial charge < -0.3 is 16.0 Å². The van der Waals surface area contributed by atoms with Crippen molar-refractivity contribution >= 4 is 28.7 Å². The summed E-state index contributed by atoms with van der Waals surface area (Å²) >= 11 is 5.47. The first-order chi connectivity index (χ1) is 11.8. The molecule has 0 heterocycles. The Hall–Kier alpha value is -2.85. The number of thiocarbonyl (C=S) groups is 1. The molecule has 0 saturated heterocycles. The van der Waals surface area contributed by atoms with Gasteiger partial charge >= 0.3 is 0 Å². The minimum Gasteiger partial charge on any atom is -0.362 e. The van der Waals surface area contributed by atoms with Gasteiger partial charge in [0.1, 0.15) is 6.17 Å². The summed E-state index contributed by atoms with van der Waals surface area (Å²) in [5, 5.41) is 10.6. The Morgan fingerprint density at radius 3 is 1.75 bits per heavy atom. The van der Waals surface area contributed by atoms with Crippen molar-refractivity contribution in [1.82, 2.24) is 5.32 Å². The lowest BCUT2D eigenvalue weighted by atomic mass is 10.1. The van der Waals surface area contributed by atoms with E-state index >= 15 is 0 Å². The van der Waals surface area contributed by atoms with Crippen LogP contribution in [0, 0.1) is 0 Å². The van der Waals surface area contributed by atoms with Gasteiger partial charge in [-0.2, -0.15) is 0 Å². The Morgan fingerprint density at radius 2 is 1.17 bits per heavy atom. The molecule has 0 amide bonds. The van der Waals surface area contributed by atoms with E-state index in [-0.39, 0.29) is 6.17 Å². The summed E-state index contributed by atoms with van der Waals surface area (Å²) in [5.74, 6) is 0. The molecule has 3 aromatic rings. The standard InChI is InChI=1S/C20H19N3S/c24-20(22-18-14-8-3-9-15-18)23-19(16-10-4-1-5-11-16)21-17-12-6-2-7-13-17/h1-15,19,21H,(H2,22,23,24). The van der Waals surface area contributed by atoms with E-state index in [0.29, 0.717) is 5.11 Å². The van der Waals surface area contributed by atoms with Crippen LogP contribution in [0.1, 0.15) is 11.7 Å². The van der Waals surface area contributed by atoms with Gasteiger partial charge in [0, 0.05) is 11.4 Å². The third-order valence-electron chi connectivity index (χ3n) is 3.52. The van der Waals surface area contributed by atoms with E-state index in [1.54, 1.807) is 0 Å². The first kappa shape index (κ1) is 16.0. The van der Waals surface area contributed by atoms with Gasteiger partial charge in [-0.1, -0.05) is 66.7 Å². The molecule has 4 heteroatoms. The van der Waals surface area contributed by atoms with Crippen molar-refractivity contribution in [3.05, 3.63) is 96.6 Å². The van der Waals surface area contributed by atoms with Crippen molar-refractivity contribution < 1.29 is 0 Å². The molecule has 3 N–H and O–H groups in total. The van der Waals surface area contributed by atoms with E-state index in [1.807, 2.05) is 78.9 Å². The number of hydrogen-bond acceptors (Lipinski definition) is 2. The highest BCUT2D eigenvalue weighted by Gasteiger charge is 2.12. The first-order valence-corrected chi connectivity index (χ1v) is 8.21. The summed E-state index contributed by atoms with van der Waals surface area (Å²) in [6.07, 6.45) is -0.127. The van der Waals surface area contributed by atoms with Crippen LogP contribution >= 0.6 is 12.2 Å². The zero-order chi connectivity index (χ0) is 16.6. The van der Waals surface area contributed by atoms with E-state index < -0.39 is 0 Å². The summed E-state index contributed by atoms with van der Waals surface area (Å²) in [7, 11) is 0. The van der Waals surface area contributed by atoms with E-state index in [1.165, 1.54) is 0 Å². The number of rotatable bonds is 5. The molecule has 0 aliphatic carbocycles. The summed E-state index contributed by atoms with van der Waals surface area (Å²) in [6.45, 7) is 0. The van der Waals surface area contributed by atoms with E-state index in [0.717, 1.165) is 16.9 Å². The van der Waals surface area contributed by atoms with Gasteiger partial charge in [0.05, 0.1) is 0 Å². The molecule has 3 aromatic carbocycles. The molecule has 0 fully saturated rings. The van der Waals surface area contributed by atoms with Crippen LogP contribution < -0.4 is 16.0 Å². The zero-order valence-electron chi connectivity index (χ0n) is 13.1. The predicted octanol–water partition coefficient (Wildman–Crippen LogP) is 4.78. The van der Waals surface area contributed by atoms with Crippen molar-refractivity contribution in [1.29, 1.82) is 0 Å². The van der Waals surface area contributed by atoms with E-state index in [2.05, 4.69) is 28.1 Å². The maximum Gasteiger partial charge on any atom is 0.172 e. The molecule has 0 aromatic heterocycles. The molecule has 3 rings (SSSR count). The molecule has 0 bridgehead atoms. The molecule has 1 unspecified atom stereocenters. The quantitative estimate of drug-likeness (QED) is 0.464. The fourth-order valence-electron chi connectivity index (χ4n) is 2.37. The van der Waals surface area contributed by atoms with Crippen molar-refractivity contribution in [2.24, 2.45) is 0 Å². The first-order valence-electron chi connectivity index (χ1n) is 7.80. The van der Waals surface area contributed by atoms with Gasteiger partial charge in [0.2, 0.25) is 0 Å². The van der Waals surface area contributed by atoms with Crippen molar-refractivity contribution in [3.8, 4) is 0 Å². The van der Waals surface area contributed by atoms with Gasteiger partial charge in [-0.05, 0) is 42.0 Å². The Morgan fingerprint density at radius 1 is 0.667 bits per heavy atom. The fraction of sp³-hybridized carbons (Fsp3) is 0.0500. The third kappa shape index (κ3) is 4.57. The summed E-state index contributed by atoms with van der Waals surface area (Å²) < 4.78 is 0. The molecule has 1 atom stereocenters. The second-order valence-electron chi connectivity index (χ2n) is 5.32. The number of nitrogens with one attached hydrogen (secondary N) is 3. The molecular formula is C20H19N3S. The Bertz CT molecular complexity index is 761. The maximum atomic E-state index is 5.47. The number of para-hydroxylation sites is 2. The van der Waals surface area contributed by atoms with Crippen LogP contribution in [0.15, 0.2) is 91.0 Å². The Kier molecular flexibility index (Phi) is 5.43. The summed E-state index contributed by atoms with van der Waals surface area (Å²) in [4.78, 5) is 0. The van der Waals surface area contributed by atoms with Crippen LogP contribution in [0.25, 0.3) is 0 Å². The van der Waals surface area contributed by atoms with Crippen LogP contribution in [0.5, 0.6) is 0 Å². The van der Waals surface area contributed by atoms with Crippen LogP contribution in [-0.4, -0.2) is 5.11 Å². The molecule has 0 radical (unpaired) electrons. The lowest BCUT2D eigenvalue weighted by Gasteiger charge is -2.23. The van der Waals surface area contributed by atoms with Crippen LogP contribution in [0.2, 0.25) is 0 Å². The normalized spacial score (nSPS) is 11.3. The number of hydrogen-bond donors (Lipinski definition) is 3. The smallest absolute Gasteiger partial charge is 0.172 e. The predicted molar refractivity (Wildman–Crippen MR) is 105 cm³/mol. The molecule has 0 saturated carbocycles. The Balaban J connectivity index is 1.73. The topological polar surface area (TPSA) is 36.1 Å². The molecule has 24 heavy (non-hydrogen) atoms. The van der Waals surface area contributed by atoms with E-state index in [4.69, 9.17) is 12.2 Å². The largest absolute Gasteiger partial charge is 0.362 e. The third-order valence-corrected chi connectivity index (χ3v) is 3.74. The minimum atomic E-state index is -0.127. The highest BCUT2D eigenvalue weighted by Crippen LogP contribution is 2.17. The Labute approximate surface area is 147 Å². The number of benzene rings is 3. The molecular weight excluding hydrogens is 314 g/mol. The summed E-state index contributed by atoms with van der Waals surface area (Å²) in [6, 6.07) is 30.1. The average molecular weight is 333 g/mol. The second kappa shape index (κ2) is 8.13. The lowest BCUT2D eigenvalue weighted by Crippen LogP contribution is -2.36. The zero-order valence-corrected chi connectivity index (χ0v) is 14.0. The average Bonchev–Trinajstić information content (AvgIpc) is 2.63. The van der Waals surface area contributed by atoms with Crippen LogP contribution in [0.4, 0.5) is 11.4 Å². The highest BCUT2D eigenvalue weighted by atomic mass is 32.1. The monoisotopic (exact) mass is 333 g/mol. The number of anilines is 2. The van der Waals surface area contributed by atoms with Gasteiger partial charge in [-0.3, -0.25) is 0 Å². The van der Waals surface area contributed by atoms with Crippen LogP contribution in [0.3, 0.4) is 0 Å². The molecule has 0 aliphatic rings. The van der Waals surface area contributed by atoms with Crippen molar-refractivity contribution in [2.75, 3.05) is 10.6 Å². The van der Waals surface area contributed by atoms with E-state index in [9.17, 15) is 0 Å². The molecule has 0 spiro atoms. The SMILES string of the molecule is S=C(Nc1ccccc1)NC(Nc1ccccc1)c1ccccc1. The molecule has 120 valence electrons. The highest BCUT2D eigenvalue weighted by molar-refractivity contribution is 7.80. The minimum absolute atomic E-state index is 0.127. The fourth-order valence-corrected chi connectivity index (χ4v) is 2.60. The second-order valence-corrected chi connectivity index (χ2v) is 5.73.